The van der Waals surface area contributed by atoms with Gasteiger partial charge in [0.1, 0.15) is 6.23 Å². The van der Waals surface area contributed by atoms with Crippen LogP contribution in [0.25, 0.3) is 0 Å². The second-order valence-electron chi connectivity index (χ2n) is 12.7. The molecule has 0 spiro atoms. The van der Waals surface area contributed by atoms with Gasteiger partial charge in [0.2, 0.25) is 0 Å². The number of hydrogen-bond acceptors (Lipinski definition) is 8. The molecular weight excluding hydrogens is 646 g/mol. The molecule has 0 aliphatic carbocycles. The van der Waals surface area contributed by atoms with Crippen LogP contribution in [0.2, 0.25) is 0 Å². The van der Waals surface area contributed by atoms with E-state index in [2.05, 4.69) is 23.3 Å². The van der Waals surface area contributed by atoms with Crippen LogP contribution in [-0.4, -0.2) is 62.1 Å². The first-order valence-corrected chi connectivity index (χ1v) is 21.0. The molecule has 0 saturated carbocycles. The van der Waals surface area contributed by atoms with Crippen LogP contribution in [0, 0.1) is 0 Å². The van der Waals surface area contributed by atoms with Gasteiger partial charge in [-0.15, -0.1) is 0 Å². The number of carboxylic acid groups (broad SMARTS) is 1. The Bertz CT molecular complexity index is 749. The van der Waals surface area contributed by atoms with Crippen molar-refractivity contribution in [2.75, 3.05) is 20.8 Å². The molecule has 1 atom stereocenters. The summed E-state index contributed by atoms with van der Waals surface area (Å²) in [4.78, 5) is 21.4. The van der Waals surface area contributed by atoms with Crippen molar-refractivity contribution >= 4 is 22.3 Å². The number of aliphatic hydroxyl groups excluding tert-OH is 1. The van der Waals surface area contributed by atoms with Gasteiger partial charge in [0.05, 0.1) is 13.7 Å². The van der Waals surface area contributed by atoms with Crippen LogP contribution in [0.1, 0.15) is 207 Å². The minimum atomic E-state index is -4.16. The number of rotatable bonds is 31. The van der Waals surface area contributed by atoms with E-state index in [4.69, 9.17) is 19.5 Å². The third-order valence-electron chi connectivity index (χ3n) is 7.91. The molecule has 0 rings (SSSR count). The standard InChI is InChI=1S/C18H36O2.C16H32O2.C3H9NO.CH4O4S/c1-3-5-6-7-8-9-10-11-12-13-14-15-16-17-18(19)20-4-2;1-2-3-4-5-6-7-8-9-10-11-12-13-14-15-16(17)18;1-3(5)4-2;1-5-6(2,3)4/h3-17H2,1-2H3;2-15H2,1H3,(H,17,18);3-5H,1-2H3;1H3,(H,2,3,4). The third-order valence-corrected chi connectivity index (χ3v) is 8.33. The molecule has 0 aromatic heterocycles. The highest BCUT2D eigenvalue weighted by Crippen LogP contribution is 2.14. The molecule has 4 N–H and O–H groups in total. The van der Waals surface area contributed by atoms with E-state index in [1.54, 1.807) is 14.0 Å². The van der Waals surface area contributed by atoms with Crippen molar-refractivity contribution in [3.8, 4) is 0 Å². The van der Waals surface area contributed by atoms with Gasteiger partial charge in [-0.3, -0.25) is 23.6 Å². The summed E-state index contributed by atoms with van der Waals surface area (Å²) < 4.78 is 34.6. The van der Waals surface area contributed by atoms with E-state index in [1.165, 1.54) is 148 Å². The van der Waals surface area contributed by atoms with Crippen LogP contribution in [-0.2, 0) is 28.9 Å². The molecule has 1 unspecified atom stereocenters. The lowest BCUT2D eigenvalue weighted by molar-refractivity contribution is -0.143. The Morgan fingerprint density at radius 2 is 0.837 bits per heavy atom. The number of carbonyl (C=O) groups is 2. The van der Waals surface area contributed by atoms with Crippen LogP contribution in [0.3, 0.4) is 0 Å². The number of carboxylic acids is 1. The highest BCUT2D eigenvalue weighted by molar-refractivity contribution is 7.80. The molecule has 0 heterocycles. The number of nitrogens with one attached hydrogen (secondary N) is 1. The van der Waals surface area contributed by atoms with E-state index >= 15 is 0 Å². The van der Waals surface area contributed by atoms with E-state index in [9.17, 15) is 18.0 Å². The summed E-state index contributed by atoms with van der Waals surface area (Å²) in [7, 11) is -1.59. The van der Waals surface area contributed by atoms with Crippen LogP contribution in [0.15, 0.2) is 0 Å². The quantitative estimate of drug-likeness (QED) is 0.0234. The van der Waals surface area contributed by atoms with Crippen molar-refractivity contribution in [2.45, 2.75) is 214 Å². The van der Waals surface area contributed by atoms with Gasteiger partial charge in [-0.05, 0) is 33.7 Å². The van der Waals surface area contributed by atoms with Gasteiger partial charge < -0.3 is 14.9 Å². The maximum absolute atomic E-state index is 11.1. The number of aliphatic hydroxyl groups is 1. The molecule has 0 aromatic rings. The maximum atomic E-state index is 11.1. The number of unbranched alkanes of at least 4 members (excludes halogenated alkanes) is 24. The summed E-state index contributed by atoms with van der Waals surface area (Å²) >= 11 is 0. The molecule has 0 aromatic carbocycles. The fraction of sp³-hybridized carbons (Fsp3) is 0.947. The Labute approximate surface area is 303 Å². The van der Waals surface area contributed by atoms with Gasteiger partial charge in [0.25, 0.3) is 0 Å². The molecule has 0 radical (unpaired) electrons. The summed E-state index contributed by atoms with van der Waals surface area (Å²) in [6.45, 7) is 8.57. The normalized spacial score (nSPS) is 11.3. The molecule has 0 aliphatic heterocycles. The Morgan fingerprint density at radius 3 is 1.04 bits per heavy atom. The first-order chi connectivity index (χ1) is 23.4. The maximum Gasteiger partial charge on any atom is 0.397 e. The molecule has 0 saturated heterocycles. The van der Waals surface area contributed by atoms with Gasteiger partial charge >= 0.3 is 22.3 Å². The fourth-order valence-electron chi connectivity index (χ4n) is 4.81. The van der Waals surface area contributed by atoms with Gasteiger partial charge in [-0.25, -0.2) is 0 Å². The minimum Gasteiger partial charge on any atom is -0.481 e. The van der Waals surface area contributed by atoms with E-state index < -0.39 is 16.4 Å². The van der Waals surface area contributed by atoms with Gasteiger partial charge in [-0.1, -0.05) is 168 Å². The molecule has 49 heavy (non-hydrogen) atoms. The number of esters is 1. The van der Waals surface area contributed by atoms with Crippen LogP contribution >= 0.6 is 0 Å². The fourth-order valence-corrected chi connectivity index (χ4v) is 4.81. The van der Waals surface area contributed by atoms with Gasteiger partial charge in [-0.2, -0.15) is 8.42 Å². The molecule has 10 nitrogen and oxygen atoms in total. The lowest BCUT2D eigenvalue weighted by atomic mass is 10.0. The predicted molar refractivity (Wildman–Crippen MR) is 204 cm³/mol. The van der Waals surface area contributed by atoms with Gasteiger partial charge in [0, 0.05) is 12.8 Å². The summed E-state index contributed by atoms with van der Waals surface area (Å²) in [5.74, 6) is -0.686. The Morgan fingerprint density at radius 1 is 0.592 bits per heavy atom. The molecule has 11 heteroatoms. The van der Waals surface area contributed by atoms with Crippen LogP contribution < -0.4 is 5.32 Å². The molecule has 0 aliphatic rings. The first-order valence-electron chi connectivity index (χ1n) is 19.7. The van der Waals surface area contributed by atoms with Crippen molar-refractivity contribution in [1.29, 1.82) is 0 Å². The Balaban J connectivity index is -0.000000317. The van der Waals surface area contributed by atoms with E-state index in [-0.39, 0.29) is 12.2 Å². The van der Waals surface area contributed by atoms with Crippen molar-refractivity contribution in [2.24, 2.45) is 0 Å². The SMILES string of the molecule is CCCCCCCCCCCCCCCC(=O)O.CCCCCCCCCCCCCCCC(=O)OCC.CNC(C)O.COS(=O)(=O)O. The Hall–Kier alpha value is -1.27. The Kier molecular flexibility index (Phi) is 52.0. The van der Waals surface area contributed by atoms with Crippen molar-refractivity contribution in [3.05, 3.63) is 0 Å². The van der Waals surface area contributed by atoms with Crippen LogP contribution in [0.5, 0.6) is 0 Å². The van der Waals surface area contributed by atoms with E-state index in [0.29, 0.717) is 19.4 Å². The monoisotopic (exact) mass is 728 g/mol. The average Bonchev–Trinajstić information content (AvgIpc) is 3.06. The van der Waals surface area contributed by atoms with Crippen molar-refractivity contribution < 1.29 is 41.7 Å². The molecular formula is C38H81NO9S. The molecule has 0 amide bonds. The van der Waals surface area contributed by atoms with E-state index in [0.717, 1.165) is 26.4 Å². The number of ether oxygens (including phenoxy) is 1. The predicted octanol–water partition coefficient (Wildman–Crippen LogP) is 10.6. The molecule has 0 bridgehead atoms. The van der Waals surface area contributed by atoms with E-state index in [1.807, 2.05) is 6.92 Å². The van der Waals surface area contributed by atoms with Gasteiger partial charge in [0.15, 0.2) is 0 Å². The topological polar surface area (TPSA) is 159 Å². The third kappa shape index (κ3) is 69.3. The first kappa shape index (κ1) is 54.5. The number of hydrogen-bond donors (Lipinski definition) is 4. The zero-order chi connectivity index (χ0) is 37.9. The number of carbonyl (C=O) groups excluding carboxylic acids is 1. The molecule has 298 valence electrons. The largest absolute Gasteiger partial charge is 0.481 e. The second-order valence-corrected chi connectivity index (χ2v) is 13.9. The second kappa shape index (κ2) is 46.7. The van der Waals surface area contributed by atoms with Crippen molar-refractivity contribution in [1.82, 2.24) is 5.32 Å². The summed E-state index contributed by atoms with van der Waals surface area (Å²) in [5.41, 5.74) is 0. The highest BCUT2D eigenvalue weighted by atomic mass is 32.3. The zero-order valence-corrected chi connectivity index (χ0v) is 33.6. The summed E-state index contributed by atoms with van der Waals surface area (Å²) in [6, 6.07) is 0. The lowest BCUT2D eigenvalue weighted by Gasteiger charge is -2.03. The summed E-state index contributed by atoms with van der Waals surface area (Å²) in [5, 5.41) is 19.3. The van der Waals surface area contributed by atoms with Crippen LogP contribution in [0.4, 0.5) is 0 Å². The smallest absolute Gasteiger partial charge is 0.397 e. The highest BCUT2D eigenvalue weighted by Gasteiger charge is 2.01. The average molecular weight is 728 g/mol. The zero-order valence-electron chi connectivity index (χ0n) is 32.8. The number of aliphatic carboxylic acids is 1. The summed E-state index contributed by atoms with van der Waals surface area (Å²) in [6.07, 6.45) is 34.9. The molecule has 0 fully saturated rings. The lowest BCUT2D eigenvalue weighted by Crippen LogP contribution is -2.19. The van der Waals surface area contributed by atoms with Crippen molar-refractivity contribution in [3.63, 3.8) is 0 Å². The minimum absolute atomic E-state index is 0.0319.